The van der Waals surface area contributed by atoms with E-state index in [1.807, 2.05) is 0 Å². The number of anilines is 1. The van der Waals surface area contributed by atoms with Crippen molar-refractivity contribution < 1.29 is 33.4 Å². The van der Waals surface area contributed by atoms with E-state index in [2.05, 4.69) is 5.32 Å². The summed E-state index contributed by atoms with van der Waals surface area (Å²) in [4.78, 5) is 49.5. The van der Waals surface area contributed by atoms with Gasteiger partial charge >= 0.3 is 12.0 Å². The molecule has 0 aliphatic carbocycles. The molecule has 166 valence electrons. The monoisotopic (exact) mass is 466 g/mol. The zero-order chi connectivity index (χ0) is 23.7. The molecule has 9 nitrogen and oxygen atoms in total. The lowest BCUT2D eigenvalue weighted by Gasteiger charge is -2.26. The number of barbiturate groups is 1. The number of benzene rings is 2. The molecule has 0 atom stereocenters. The maximum Gasteiger partial charge on any atom is 0.335 e. The molecule has 2 aromatic carbocycles. The Balaban J connectivity index is 1.64. The number of hydrogen-bond donors (Lipinski definition) is 2. The van der Waals surface area contributed by atoms with Crippen LogP contribution in [0.25, 0.3) is 17.4 Å². The Labute approximate surface area is 191 Å². The Morgan fingerprint density at radius 1 is 1.09 bits per heavy atom. The second-order valence-electron chi connectivity index (χ2n) is 6.86. The van der Waals surface area contributed by atoms with E-state index in [0.717, 1.165) is 4.90 Å². The number of ether oxygens (including phenoxy) is 1. The number of urea groups is 1. The molecule has 33 heavy (non-hydrogen) atoms. The molecular formula is C23H15ClN2O7. The highest BCUT2D eigenvalue weighted by Gasteiger charge is 2.37. The van der Waals surface area contributed by atoms with Crippen molar-refractivity contribution in [2.24, 2.45) is 0 Å². The number of halogens is 1. The van der Waals surface area contributed by atoms with Crippen LogP contribution in [0.4, 0.5) is 10.5 Å². The Morgan fingerprint density at radius 3 is 2.45 bits per heavy atom. The number of aromatic carboxylic acids is 1. The van der Waals surface area contributed by atoms with Gasteiger partial charge in [0.2, 0.25) is 0 Å². The summed E-state index contributed by atoms with van der Waals surface area (Å²) in [6, 6.07) is 12.6. The van der Waals surface area contributed by atoms with Crippen LogP contribution in [0.1, 0.15) is 16.1 Å². The van der Waals surface area contributed by atoms with E-state index in [0.29, 0.717) is 17.1 Å². The predicted molar refractivity (Wildman–Crippen MR) is 118 cm³/mol. The summed E-state index contributed by atoms with van der Waals surface area (Å²) in [6.07, 6.45) is 1.22. The van der Waals surface area contributed by atoms with Crippen LogP contribution in [0, 0.1) is 0 Å². The van der Waals surface area contributed by atoms with Gasteiger partial charge in [-0.1, -0.05) is 23.7 Å². The van der Waals surface area contributed by atoms with Gasteiger partial charge in [-0.05, 0) is 48.5 Å². The number of hydrogen-bond acceptors (Lipinski definition) is 6. The number of imide groups is 2. The number of carboxylic acid groups (broad SMARTS) is 1. The third kappa shape index (κ3) is 4.21. The van der Waals surface area contributed by atoms with Gasteiger partial charge in [-0.25, -0.2) is 14.5 Å². The minimum atomic E-state index is -1.05. The molecule has 3 aromatic rings. The molecular weight excluding hydrogens is 452 g/mol. The third-order valence-electron chi connectivity index (χ3n) is 4.83. The number of carboxylic acids is 1. The van der Waals surface area contributed by atoms with Crippen LogP contribution < -0.4 is 15.0 Å². The minimum Gasteiger partial charge on any atom is -0.495 e. The van der Waals surface area contributed by atoms with Gasteiger partial charge in [-0.2, -0.15) is 0 Å². The lowest BCUT2D eigenvalue weighted by molar-refractivity contribution is -0.122. The maximum absolute atomic E-state index is 13.0. The van der Waals surface area contributed by atoms with Gasteiger partial charge in [0.15, 0.2) is 0 Å². The van der Waals surface area contributed by atoms with Crippen LogP contribution in [0.3, 0.4) is 0 Å². The van der Waals surface area contributed by atoms with Crippen LogP contribution >= 0.6 is 11.6 Å². The number of methoxy groups -OCH3 is 1. The number of rotatable bonds is 5. The quantitative estimate of drug-likeness (QED) is 0.430. The summed E-state index contributed by atoms with van der Waals surface area (Å²) in [5, 5.41) is 11.3. The van der Waals surface area contributed by atoms with Crippen LogP contribution in [-0.4, -0.2) is 36.0 Å². The third-order valence-corrected chi connectivity index (χ3v) is 5.12. The van der Waals surface area contributed by atoms with E-state index in [1.165, 1.54) is 43.5 Å². The highest BCUT2D eigenvalue weighted by Crippen LogP contribution is 2.31. The number of nitrogens with one attached hydrogen (secondary N) is 1. The summed E-state index contributed by atoms with van der Waals surface area (Å²) >= 11 is 6.10. The summed E-state index contributed by atoms with van der Waals surface area (Å²) in [6.45, 7) is 0. The molecule has 1 aromatic heterocycles. The second-order valence-corrected chi connectivity index (χ2v) is 7.27. The smallest absolute Gasteiger partial charge is 0.335 e. The number of furan rings is 1. The average molecular weight is 467 g/mol. The molecule has 2 heterocycles. The van der Waals surface area contributed by atoms with E-state index in [4.69, 9.17) is 25.9 Å². The summed E-state index contributed by atoms with van der Waals surface area (Å²) in [7, 11) is 1.43. The van der Waals surface area contributed by atoms with E-state index >= 15 is 0 Å². The van der Waals surface area contributed by atoms with Crippen molar-refractivity contribution in [2.75, 3.05) is 12.0 Å². The molecule has 0 spiro atoms. The predicted octanol–water partition coefficient (Wildman–Crippen LogP) is 3.97. The fourth-order valence-corrected chi connectivity index (χ4v) is 3.44. The van der Waals surface area contributed by atoms with Crippen LogP contribution in [0.2, 0.25) is 5.02 Å². The van der Waals surface area contributed by atoms with Gasteiger partial charge in [-0.15, -0.1) is 0 Å². The molecule has 10 heteroatoms. The SMILES string of the molecule is COc1ccc(N2C(=O)NC(=O)C(=Cc3ccc(-c4ccc(C(=O)O)cc4)o3)C2=O)cc1Cl. The highest BCUT2D eigenvalue weighted by atomic mass is 35.5. The van der Waals surface area contributed by atoms with E-state index in [1.54, 1.807) is 24.3 Å². The van der Waals surface area contributed by atoms with E-state index < -0.39 is 23.8 Å². The zero-order valence-corrected chi connectivity index (χ0v) is 17.8. The zero-order valence-electron chi connectivity index (χ0n) is 17.0. The summed E-state index contributed by atoms with van der Waals surface area (Å²) in [5.41, 5.74) is 0.568. The van der Waals surface area contributed by atoms with E-state index in [-0.39, 0.29) is 27.6 Å². The van der Waals surface area contributed by atoms with Gasteiger partial charge in [0.25, 0.3) is 11.8 Å². The second kappa shape index (κ2) is 8.64. The highest BCUT2D eigenvalue weighted by molar-refractivity contribution is 6.39. The first kappa shape index (κ1) is 21.8. The molecule has 2 N–H and O–H groups in total. The topological polar surface area (TPSA) is 126 Å². The first-order valence-electron chi connectivity index (χ1n) is 9.47. The molecule has 4 amide bonds. The Morgan fingerprint density at radius 2 is 1.82 bits per heavy atom. The fraction of sp³-hybridized carbons (Fsp3) is 0.0435. The Hall–Kier alpha value is -4.37. The number of nitrogens with zero attached hydrogens (tertiary/aromatic N) is 1. The lowest BCUT2D eigenvalue weighted by atomic mass is 10.1. The molecule has 1 fully saturated rings. The number of carbonyl (C=O) groups is 4. The molecule has 0 saturated carbocycles. The van der Waals surface area contributed by atoms with Crippen molar-refractivity contribution in [3.8, 4) is 17.1 Å². The van der Waals surface area contributed by atoms with Crippen LogP contribution in [-0.2, 0) is 9.59 Å². The van der Waals surface area contributed by atoms with Crippen LogP contribution in [0.15, 0.2) is 64.6 Å². The Kier molecular flexibility index (Phi) is 5.72. The van der Waals surface area contributed by atoms with E-state index in [9.17, 15) is 19.2 Å². The first-order chi connectivity index (χ1) is 15.8. The normalized spacial score (nSPS) is 15.0. The van der Waals surface area contributed by atoms with Gasteiger partial charge in [0.05, 0.1) is 23.4 Å². The van der Waals surface area contributed by atoms with Gasteiger partial charge in [-0.3, -0.25) is 14.9 Å². The minimum absolute atomic E-state index is 0.125. The molecule has 0 radical (unpaired) electrons. The van der Waals surface area contributed by atoms with Crippen molar-refractivity contribution in [3.05, 3.63) is 76.5 Å². The van der Waals surface area contributed by atoms with Crippen molar-refractivity contribution in [1.82, 2.24) is 5.32 Å². The number of amides is 4. The maximum atomic E-state index is 13.0. The summed E-state index contributed by atoms with van der Waals surface area (Å²) in [5.74, 6) is -1.83. The molecule has 4 rings (SSSR count). The molecule has 1 aliphatic rings. The summed E-state index contributed by atoms with van der Waals surface area (Å²) < 4.78 is 10.8. The standard InChI is InChI=1S/C23H15ClN2O7/c1-32-19-8-6-14(10-17(19)24)26-21(28)16(20(27)25-23(26)31)11-15-7-9-18(33-15)12-2-4-13(5-3-12)22(29)30/h2-11H,1H3,(H,29,30)(H,25,27,31). The fourth-order valence-electron chi connectivity index (χ4n) is 3.19. The van der Waals surface area contributed by atoms with Gasteiger partial charge in [0, 0.05) is 5.56 Å². The van der Waals surface area contributed by atoms with Gasteiger partial charge < -0.3 is 14.3 Å². The lowest BCUT2D eigenvalue weighted by Crippen LogP contribution is -2.54. The van der Waals surface area contributed by atoms with Crippen molar-refractivity contribution >= 4 is 47.2 Å². The van der Waals surface area contributed by atoms with Crippen molar-refractivity contribution in [1.29, 1.82) is 0 Å². The molecule has 1 saturated heterocycles. The van der Waals surface area contributed by atoms with Crippen molar-refractivity contribution in [3.63, 3.8) is 0 Å². The van der Waals surface area contributed by atoms with Gasteiger partial charge in [0.1, 0.15) is 22.8 Å². The Bertz CT molecular complexity index is 1320. The molecule has 1 aliphatic heterocycles. The molecule has 0 unspecified atom stereocenters. The molecule has 0 bridgehead atoms. The first-order valence-corrected chi connectivity index (χ1v) is 9.85. The number of carbonyl (C=O) groups excluding carboxylic acids is 3. The van der Waals surface area contributed by atoms with Crippen LogP contribution in [0.5, 0.6) is 5.75 Å². The van der Waals surface area contributed by atoms with Crippen molar-refractivity contribution in [2.45, 2.75) is 0 Å². The largest absolute Gasteiger partial charge is 0.495 e. The average Bonchev–Trinajstić information content (AvgIpc) is 3.25.